The zero-order chi connectivity index (χ0) is 14.5. The number of aromatic hydroxyl groups is 1. The summed E-state index contributed by atoms with van der Waals surface area (Å²) in [6.45, 7) is 2.32. The molecule has 0 fully saturated rings. The van der Waals surface area contributed by atoms with E-state index < -0.39 is 0 Å². The van der Waals surface area contributed by atoms with Crippen LogP contribution in [-0.4, -0.2) is 11.7 Å². The van der Waals surface area contributed by atoms with E-state index in [4.69, 9.17) is 16.3 Å². The monoisotopic (exact) mass is 294 g/mol. The van der Waals surface area contributed by atoms with E-state index in [2.05, 4.69) is 0 Å². The number of hydrogen-bond acceptors (Lipinski definition) is 2. The lowest BCUT2D eigenvalue weighted by Crippen LogP contribution is -2.00. The Morgan fingerprint density at radius 2 is 1.90 bits per heavy atom. The Morgan fingerprint density at radius 1 is 1.20 bits per heavy atom. The second-order valence-electron chi connectivity index (χ2n) is 4.64. The van der Waals surface area contributed by atoms with Crippen LogP contribution in [-0.2, 0) is 6.42 Å². The van der Waals surface area contributed by atoms with Gasteiger partial charge in [0.25, 0.3) is 0 Å². The summed E-state index contributed by atoms with van der Waals surface area (Å²) >= 11 is 5.97. The van der Waals surface area contributed by atoms with Gasteiger partial charge in [0.2, 0.25) is 0 Å². The molecule has 0 unspecified atom stereocenters. The minimum absolute atomic E-state index is 0.281. The zero-order valence-electron chi connectivity index (χ0n) is 11.2. The molecule has 106 valence electrons. The third kappa shape index (κ3) is 3.87. The molecular weight excluding hydrogens is 279 g/mol. The molecule has 0 saturated heterocycles. The molecule has 0 aliphatic rings. The maximum atomic E-state index is 12.7. The third-order valence-corrected chi connectivity index (χ3v) is 3.24. The minimum Gasteiger partial charge on any atom is -0.507 e. The highest BCUT2D eigenvalue weighted by Gasteiger charge is 2.06. The first-order valence-corrected chi connectivity index (χ1v) is 6.80. The molecule has 0 spiro atoms. The Hall–Kier alpha value is -1.74. The fraction of sp³-hybridized carbons (Fsp3) is 0.250. The molecule has 20 heavy (non-hydrogen) atoms. The van der Waals surface area contributed by atoms with Crippen molar-refractivity contribution in [3.8, 4) is 11.5 Å². The third-order valence-electron chi connectivity index (χ3n) is 3.02. The van der Waals surface area contributed by atoms with Crippen LogP contribution in [0.5, 0.6) is 11.5 Å². The van der Waals surface area contributed by atoms with Crippen LogP contribution in [0.1, 0.15) is 17.5 Å². The van der Waals surface area contributed by atoms with Gasteiger partial charge in [0.1, 0.15) is 17.3 Å². The van der Waals surface area contributed by atoms with Crippen LogP contribution in [0.15, 0.2) is 36.4 Å². The van der Waals surface area contributed by atoms with E-state index in [-0.39, 0.29) is 11.6 Å². The number of ether oxygens (including phenoxy) is 1. The summed E-state index contributed by atoms with van der Waals surface area (Å²) in [5.41, 5.74) is 1.59. The first-order chi connectivity index (χ1) is 9.56. The molecule has 2 aromatic carbocycles. The van der Waals surface area contributed by atoms with E-state index in [9.17, 15) is 9.50 Å². The molecule has 0 heterocycles. The molecule has 0 aromatic heterocycles. The predicted octanol–water partition coefficient (Wildman–Crippen LogP) is 4.50. The van der Waals surface area contributed by atoms with Gasteiger partial charge in [-0.25, -0.2) is 4.39 Å². The number of benzene rings is 2. The lowest BCUT2D eigenvalue weighted by Gasteiger charge is -2.09. The number of hydrogen-bond donors (Lipinski definition) is 1. The summed E-state index contributed by atoms with van der Waals surface area (Å²) in [5.74, 6) is 0.644. The van der Waals surface area contributed by atoms with Crippen molar-refractivity contribution in [2.45, 2.75) is 19.8 Å². The second kappa shape index (κ2) is 6.62. The van der Waals surface area contributed by atoms with Gasteiger partial charge in [-0.2, -0.15) is 0 Å². The van der Waals surface area contributed by atoms with E-state index in [1.54, 1.807) is 24.3 Å². The van der Waals surface area contributed by atoms with Gasteiger partial charge in [-0.15, -0.1) is 0 Å². The van der Waals surface area contributed by atoms with Crippen molar-refractivity contribution in [1.82, 2.24) is 0 Å². The van der Waals surface area contributed by atoms with Crippen molar-refractivity contribution < 1.29 is 14.2 Å². The van der Waals surface area contributed by atoms with Crippen LogP contribution in [0.4, 0.5) is 4.39 Å². The fourth-order valence-corrected chi connectivity index (χ4v) is 2.27. The van der Waals surface area contributed by atoms with Crippen LogP contribution in [0.3, 0.4) is 0 Å². The molecule has 0 bridgehead atoms. The maximum Gasteiger partial charge on any atom is 0.123 e. The average Bonchev–Trinajstić information content (AvgIpc) is 2.42. The lowest BCUT2D eigenvalue weighted by molar-refractivity contribution is 0.309. The van der Waals surface area contributed by atoms with Crippen LogP contribution in [0.2, 0.25) is 5.02 Å². The van der Waals surface area contributed by atoms with Crippen molar-refractivity contribution in [2.75, 3.05) is 6.61 Å². The standard InChI is InChI=1S/C16H16ClFO2/c1-11-9-13(17)10-12(16(11)19)3-2-8-20-15-6-4-14(18)5-7-15/h4-7,9-10,19H,2-3,8H2,1H3. The molecule has 0 radical (unpaired) electrons. The Labute approximate surface area is 122 Å². The normalized spacial score (nSPS) is 10.6. The predicted molar refractivity (Wildman–Crippen MR) is 78.1 cm³/mol. The fourth-order valence-electron chi connectivity index (χ4n) is 1.98. The highest BCUT2D eigenvalue weighted by molar-refractivity contribution is 6.30. The van der Waals surface area contributed by atoms with Crippen molar-refractivity contribution >= 4 is 11.6 Å². The number of phenols is 1. The SMILES string of the molecule is Cc1cc(Cl)cc(CCCOc2ccc(F)cc2)c1O. The van der Waals surface area contributed by atoms with E-state index in [0.29, 0.717) is 23.8 Å². The van der Waals surface area contributed by atoms with Gasteiger partial charge in [0.05, 0.1) is 6.61 Å². The Balaban J connectivity index is 1.86. The van der Waals surface area contributed by atoms with Crippen LogP contribution < -0.4 is 4.74 Å². The minimum atomic E-state index is -0.281. The van der Waals surface area contributed by atoms with E-state index in [0.717, 1.165) is 17.5 Å². The second-order valence-corrected chi connectivity index (χ2v) is 5.07. The smallest absolute Gasteiger partial charge is 0.123 e. The van der Waals surface area contributed by atoms with Crippen LogP contribution >= 0.6 is 11.6 Å². The molecular formula is C16H16ClFO2. The van der Waals surface area contributed by atoms with Crippen molar-refractivity contribution in [1.29, 1.82) is 0 Å². The molecule has 0 aliphatic carbocycles. The number of aryl methyl sites for hydroxylation is 2. The molecule has 0 aliphatic heterocycles. The number of halogens is 2. The molecule has 0 amide bonds. The molecule has 4 heteroatoms. The van der Waals surface area contributed by atoms with Crippen molar-refractivity contribution in [3.63, 3.8) is 0 Å². The van der Waals surface area contributed by atoms with Gasteiger partial charge in [0.15, 0.2) is 0 Å². The van der Waals surface area contributed by atoms with Gasteiger partial charge in [0, 0.05) is 5.02 Å². The molecule has 0 saturated carbocycles. The largest absolute Gasteiger partial charge is 0.507 e. The molecule has 2 rings (SSSR count). The maximum absolute atomic E-state index is 12.7. The molecule has 0 atom stereocenters. The average molecular weight is 295 g/mol. The molecule has 2 nitrogen and oxygen atoms in total. The van der Waals surface area contributed by atoms with Gasteiger partial charge in [-0.1, -0.05) is 11.6 Å². The van der Waals surface area contributed by atoms with E-state index in [1.807, 2.05) is 6.92 Å². The Morgan fingerprint density at radius 3 is 2.60 bits per heavy atom. The van der Waals surface area contributed by atoms with Gasteiger partial charge < -0.3 is 9.84 Å². The van der Waals surface area contributed by atoms with Crippen molar-refractivity contribution in [2.24, 2.45) is 0 Å². The van der Waals surface area contributed by atoms with E-state index in [1.165, 1.54) is 12.1 Å². The quantitative estimate of drug-likeness (QED) is 0.823. The van der Waals surface area contributed by atoms with Crippen molar-refractivity contribution in [3.05, 3.63) is 58.4 Å². The number of rotatable bonds is 5. The Kier molecular flexibility index (Phi) is 4.85. The van der Waals surface area contributed by atoms with Gasteiger partial charge in [-0.3, -0.25) is 0 Å². The van der Waals surface area contributed by atoms with Crippen LogP contribution in [0.25, 0.3) is 0 Å². The van der Waals surface area contributed by atoms with E-state index >= 15 is 0 Å². The first-order valence-electron chi connectivity index (χ1n) is 6.42. The summed E-state index contributed by atoms with van der Waals surface area (Å²) in [4.78, 5) is 0. The molecule has 1 N–H and O–H groups in total. The zero-order valence-corrected chi connectivity index (χ0v) is 12.0. The molecule has 2 aromatic rings. The summed E-state index contributed by atoms with van der Waals surface area (Å²) in [7, 11) is 0. The topological polar surface area (TPSA) is 29.5 Å². The number of phenolic OH excluding ortho intramolecular Hbond substituents is 1. The van der Waals surface area contributed by atoms with Gasteiger partial charge >= 0.3 is 0 Å². The highest BCUT2D eigenvalue weighted by Crippen LogP contribution is 2.27. The Bertz CT molecular complexity index is 582. The summed E-state index contributed by atoms with van der Waals surface area (Å²) in [5, 5.41) is 10.5. The summed E-state index contributed by atoms with van der Waals surface area (Å²) in [6.07, 6.45) is 1.42. The lowest BCUT2D eigenvalue weighted by atomic mass is 10.1. The first kappa shape index (κ1) is 14.7. The summed E-state index contributed by atoms with van der Waals surface area (Å²) < 4.78 is 18.2. The highest BCUT2D eigenvalue weighted by atomic mass is 35.5. The summed E-state index contributed by atoms with van der Waals surface area (Å²) in [6, 6.07) is 9.41. The van der Waals surface area contributed by atoms with Crippen LogP contribution in [0, 0.1) is 12.7 Å². The van der Waals surface area contributed by atoms with Gasteiger partial charge in [-0.05, 0) is 67.3 Å².